The number of carbonyl (C=O) groups is 2. The van der Waals surface area contributed by atoms with Gasteiger partial charge in [0, 0.05) is 46.6 Å². The van der Waals surface area contributed by atoms with E-state index in [4.69, 9.17) is 4.74 Å². The molecule has 3 fully saturated rings. The van der Waals surface area contributed by atoms with Crippen LogP contribution in [0.5, 0.6) is 5.75 Å². The quantitative estimate of drug-likeness (QED) is 0.389. The Hall–Kier alpha value is -3.33. The smallest absolute Gasteiger partial charge is 0.264 e. The van der Waals surface area contributed by atoms with Crippen LogP contribution in [-0.4, -0.2) is 55.1 Å². The Balaban J connectivity index is 1.48. The van der Waals surface area contributed by atoms with E-state index in [-0.39, 0.29) is 23.9 Å². The summed E-state index contributed by atoms with van der Waals surface area (Å²) in [7, 11) is -2.03. The van der Waals surface area contributed by atoms with Gasteiger partial charge >= 0.3 is 0 Å². The van der Waals surface area contributed by atoms with E-state index in [1.54, 1.807) is 13.2 Å². The molecular formula is C34H41N3O5S. The fourth-order valence-corrected chi connectivity index (χ4v) is 8.96. The maximum Gasteiger partial charge on any atom is 0.264 e. The first-order valence-electron chi connectivity index (χ1n) is 15.7. The molecule has 4 aliphatic rings. The number of hydrogen-bond donors (Lipinski definition) is 1. The third-order valence-electron chi connectivity index (χ3n) is 10.7. The highest BCUT2D eigenvalue weighted by Crippen LogP contribution is 2.66. The van der Waals surface area contributed by atoms with Crippen LogP contribution in [0.2, 0.25) is 0 Å². The normalized spacial score (nSPS) is 26.8. The van der Waals surface area contributed by atoms with Gasteiger partial charge in [-0.05, 0) is 93.3 Å². The average Bonchev–Trinajstić information content (AvgIpc) is 3.53. The van der Waals surface area contributed by atoms with E-state index in [1.807, 2.05) is 18.2 Å². The van der Waals surface area contributed by atoms with Crippen LogP contribution in [0.15, 0.2) is 36.4 Å². The standard InChI is InChI=1S/C34H41N3O5S/c1-20-10-11-21(2)37(20)33(39)34-18-28(34)27-17-24(42-3)13-15-25(27)31-30(22-8-6-5-7-9-22)26-14-12-23(16-29(26)36(31)19-34)32(38)35-43(4,40)41/h12-17,20-22,28H,5-11,18-19H2,1-4H3,(H,35,38). The molecule has 228 valence electrons. The zero-order valence-electron chi connectivity index (χ0n) is 25.5. The van der Waals surface area contributed by atoms with Gasteiger partial charge in [0.15, 0.2) is 0 Å². The molecule has 43 heavy (non-hydrogen) atoms. The number of nitrogens with zero attached hydrogens (tertiary/aromatic N) is 2. The number of carbonyl (C=O) groups excluding carboxylic acids is 2. The minimum absolute atomic E-state index is 0.0796. The van der Waals surface area contributed by atoms with Crippen LogP contribution < -0.4 is 9.46 Å². The van der Waals surface area contributed by atoms with Gasteiger partial charge in [-0.3, -0.25) is 9.59 Å². The minimum atomic E-state index is -3.72. The summed E-state index contributed by atoms with van der Waals surface area (Å²) in [5.41, 5.74) is 5.34. The summed E-state index contributed by atoms with van der Waals surface area (Å²) in [5.74, 6) is 0.823. The number of benzene rings is 2. The number of ether oxygens (including phenoxy) is 1. The van der Waals surface area contributed by atoms with E-state index in [0.717, 1.165) is 66.3 Å². The Labute approximate surface area is 253 Å². The first-order valence-corrected chi connectivity index (χ1v) is 17.6. The lowest BCUT2D eigenvalue weighted by Crippen LogP contribution is -2.44. The highest BCUT2D eigenvalue weighted by Gasteiger charge is 2.64. The van der Waals surface area contributed by atoms with Gasteiger partial charge in [-0.2, -0.15) is 0 Å². The third-order valence-corrected chi connectivity index (χ3v) is 11.2. The van der Waals surface area contributed by atoms with Gasteiger partial charge in [-0.25, -0.2) is 13.1 Å². The Kier molecular flexibility index (Phi) is 6.69. The lowest BCUT2D eigenvalue weighted by molar-refractivity contribution is -0.140. The number of fused-ring (bicyclic) bond motifs is 7. The van der Waals surface area contributed by atoms with E-state index in [1.165, 1.54) is 30.4 Å². The summed E-state index contributed by atoms with van der Waals surface area (Å²) in [4.78, 5) is 29.8. The minimum Gasteiger partial charge on any atom is -0.497 e. The number of rotatable bonds is 5. The molecule has 2 aliphatic carbocycles. The molecule has 0 bridgehead atoms. The van der Waals surface area contributed by atoms with Crippen molar-refractivity contribution in [3.63, 3.8) is 0 Å². The lowest BCUT2D eigenvalue weighted by atomic mass is 9.81. The molecule has 0 spiro atoms. The molecule has 1 N–H and O–H groups in total. The molecule has 4 unspecified atom stereocenters. The fourth-order valence-electron chi connectivity index (χ4n) is 8.50. The Morgan fingerprint density at radius 3 is 2.37 bits per heavy atom. The lowest BCUT2D eigenvalue weighted by Gasteiger charge is -2.31. The SMILES string of the molecule is COc1ccc2c(c1)C1CC1(C(=O)N1C(C)CCC1C)Cn1c-2c(C2CCCCC2)c2ccc(C(=O)NS(C)(=O)=O)cc21. The van der Waals surface area contributed by atoms with Crippen LogP contribution in [0.25, 0.3) is 22.2 Å². The van der Waals surface area contributed by atoms with Crippen molar-refractivity contribution in [1.29, 1.82) is 0 Å². The molecule has 9 heteroatoms. The predicted octanol–water partition coefficient (Wildman–Crippen LogP) is 5.94. The fraction of sp³-hybridized carbons (Fsp3) is 0.529. The van der Waals surface area contributed by atoms with E-state index in [2.05, 4.69) is 40.2 Å². The van der Waals surface area contributed by atoms with Crippen molar-refractivity contribution < 1.29 is 22.7 Å². The van der Waals surface area contributed by atoms with Gasteiger partial charge in [0.05, 0.1) is 24.5 Å². The first kappa shape index (κ1) is 28.4. The molecule has 2 amide bonds. The molecule has 3 heterocycles. The third kappa shape index (κ3) is 4.57. The Morgan fingerprint density at radius 1 is 0.977 bits per heavy atom. The van der Waals surface area contributed by atoms with Crippen LogP contribution in [0, 0.1) is 5.41 Å². The van der Waals surface area contributed by atoms with Crippen LogP contribution in [0.1, 0.15) is 98.5 Å². The number of methoxy groups -OCH3 is 1. The summed E-state index contributed by atoms with van der Waals surface area (Å²) in [6, 6.07) is 12.3. The largest absolute Gasteiger partial charge is 0.497 e. The molecule has 0 radical (unpaired) electrons. The van der Waals surface area contributed by atoms with Gasteiger partial charge in [-0.15, -0.1) is 0 Å². The molecule has 3 aromatic rings. The maximum atomic E-state index is 14.6. The average molecular weight is 604 g/mol. The van der Waals surface area contributed by atoms with Gasteiger partial charge in [0.25, 0.3) is 5.91 Å². The summed E-state index contributed by atoms with van der Waals surface area (Å²) < 4.78 is 34.0. The zero-order chi connectivity index (χ0) is 30.3. The zero-order valence-corrected chi connectivity index (χ0v) is 26.3. The molecule has 2 aliphatic heterocycles. The van der Waals surface area contributed by atoms with Crippen molar-refractivity contribution in [2.45, 2.75) is 95.7 Å². The van der Waals surface area contributed by atoms with Crippen molar-refractivity contribution in [2.75, 3.05) is 13.4 Å². The second-order valence-electron chi connectivity index (χ2n) is 13.5. The summed E-state index contributed by atoms with van der Waals surface area (Å²) in [6.45, 7) is 4.85. The van der Waals surface area contributed by atoms with Crippen molar-refractivity contribution in [2.24, 2.45) is 5.41 Å². The van der Waals surface area contributed by atoms with Crippen LogP contribution in [-0.2, 0) is 21.4 Å². The molecule has 2 aromatic carbocycles. The van der Waals surface area contributed by atoms with Gasteiger partial charge in [0.1, 0.15) is 5.75 Å². The molecule has 7 rings (SSSR count). The van der Waals surface area contributed by atoms with Crippen LogP contribution in [0.3, 0.4) is 0 Å². The van der Waals surface area contributed by atoms with Crippen LogP contribution in [0.4, 0.5) is 0 Å². The second-order valence-corrected chi connectivity index (χ2v) is 15.2. The second kappa shape index (κ2) is 10.1. The van der Waals surface area contributed by atoms with Gasteiger partial charge in [0.2, 0.25) is 15.9 Å². The molecular weight excluding hydrogens is 562 g/mol. The summed E-state index contributed by atoms with van der Waals surface area (Å²) in [6.07, 6.45) is 9.58. The van der Waals surface area contributed by atoms with Crippen molar-refractivity contribution in [1.82, 2.24) is 14.2 Å². The van der Waals surface area contributed by atoms with Gasteiger partial charge in [-0.1, -0.05) is 25.3 Å². The molecule has 4 atom stereocenters. The molecule has 2 saturated carbocycles. The Bertz CT molecular complexity index is 1740. The monoisotopic (exact) mass is 603 g/mol. The maximum absolute atomic E-state index is 14.6. The number of aromatic nitrogens is 1. The molecule has 1 aromatic heterocycles. The number of nitrogens with one attached hydrogen (secondary N) is 1. The number of amides is 2. The molecule has 1 saturated heterocycles. The van der Waals surface area contributed by atoms with Gasteiger partial charge < -0.3 is 14.2 Å². The van der Waals surface area contributed by atoms with Crippen molar-refractivity contribution >= 4 is 32.7 Å². The highest BCUT2D eigenvalue weighted by molar-refractivity contribution is 7.89. The first-order chi connectivity index (χ1) is 20.5. The van der Waals surface area contributed by atoms with E-state index in [9.17, 15) is 18.0 Å². The number of sulfonamides is 1. The van der Waals surface area contributed by atoms with Crippen molar-refractivity contribution in [3.8, 4) is 17.0 Å². The van der Waals surface area contributed by atoms with Crippen molar-refractivity contribution in [3.05, 3.63) is 53.1 Å². The van der Waals surface area contributed by atoms with E-state index < -0.39 is 21.3 Å². The highest BCUT2D eigenvalue weighted by atomic mass is 32.2. The van der Waals surface area contributed by atoms with E-state index in [0.29, 0.717) is 18.0 Å². The number of hydrogen-bond acceptors (Lipinski definition) is 5. The summed E-state index contributed by atoms with van der Waals surface area (Å²) in [5, 5.41) is 1.09. The Morgan fingerprint density at radius 2 is 1.70 bits per heavy atom. The predicted molar refractivity (Wildman–Crippen MR) is 167 cm³/mol. The molecule has 8 nitrogen and oxygen atoms in total. The van der Waals surface area contributed by atoms with E-state index >= 15 is 0 Å². The number of likely N-dealkylation sites (tertiary alicyclic amines) is 1. The van der Waals surface area contributed by atoms with Crippen LogP contribution >= 0.6 is 0 Å². The summed E-state index contributed by atoms with van der Waals surface area (Å²) >= 11 is 0. The topological polar surface area (TPSA) is 97.7 Å².